The Kier molecular flexibility index (Phi) is 4.92. The van der Waals surface area contributed by atoms with Crippen molar-refractivity contribution in [1.82, 2.24) is 19.5 Å². The second kappa shape index (κ2) is 7.15. The SMILES string of the molecule is Cc1cnc(C(N)=O)cn1.Cn1c(CC2CC2)nc2cc(F)c(F)cc21. The number of primary amides is 1. The number of amides is 1. The number of aromatic nitrogens is 4. The summed E-state index contributed by atoms with van der Waals surface area (Å²) in [6.07, 6.45) is 6.25. The zero-order valence-electron chi connectivity index (χ0n) is 14.5. The highest BCUT2D eigenvalue weighted by Crippen LogP contribution is 2.33. The molecule has 1 aliphatic rings. The third kappa shape index (κ3) is 4.01. The van der Waals surface area contributed by atoms with Gasteiger partial charge in [-0.15, -0.1) is 0 Å². The number of hydrogen-bond donors (Lipinski definition) is 1. The molecule has 0 bridgehead atoms. The average molecular weight is 359 g/mol. The lowest BCUT2D eigenvalue weighted by Crippen LogP contribution is -2.13. The highest BCUT2D eigenvalue weighted by atomic mass is 19.2. The van der Waals surface area contributed by atoms with Gasteiger partial charge in [0.05, 0.1) is 22.9 Å². The van der Waals surface area contributed by atoms with E-state index in [9.17, 15) is 13.6 Å². The summed E-state index contributed by atoms with van der Waals surface area (Å²) >= 11 is 0. The molecule has 2 N–H and O–H groups in total. The molecule has 8 heteroatoms. The van der Waals surface area contributed by atoms with Crippen LogP contribution in [0.15, 0.2) is 24.5 Å². The van der Waals surface area contributed by atoms with Gasteiger partial charge in [0.2, 0.25) is 0 Å². The van der Waals surface area contributed by atoms with Gasteiger partial charge in [0.15, 0.2) is 11.6 Å². The number of carbonyl (C=O) groups is 1. The molecule has 0 atom stereocenters. The maximum Gasteiger partial charge on any atom is 0.268 e. The first-order valence-corrected chi connectivity index (χ1v) is 8.24. The van der Waals surface area contributed by atoms with Gasteiger partial charge < -0.3 is 10.3 Å². The first-order chi connectivity index (χ1) is 12.3. The zero-order valence-corrected chi connectivity index (χ0v) is 14.5. The van der Waals surface area contributed by atoms with E-state index in [0.29, 0.717) is 17.0 Å². The van der Waals surface area contributed by atoms with Crippen molar-refractivity contribution in [2.24, 2.45) is 18.7 Å². The quantitative estimate of drug-likeness (QED) is 0.779. The van der Waals surface area contributed by atoms with E-state index in [2.05, 4.69) is 15.0 Å². The highest BCUT2D eigenvalue weighted by molar-refractivity contribution is 5.90. The number of fused-ring (bicyclic) bond motifs is 1. The third-order valence-electron chi connectivity index (χ3n) is 4.22. The summed E-state index contributed by atoms with van der Waals surface area (Å²) in [5, 5.41) is 0. The molecule has 2 aromatic heterocycles. The number of nitrogens with zero attached hydrogens (tertiary/aromatic N) is 4. The topological polar surface area (TPSA) is 86.7 Å². The molecule has 1 amide bonds. The zero-order chi connectivity index (χ0) is 18.8. The monoisotopic (exact) mass is 359 g/mol. The summed E-state index contributed by atoms with van der Waals surface area (Å²) < 4.78 is 28.0. The van der Waals surface area contributed by atoms with E-state index in [-0.39, 0.29) is 5.69 Å². The summed E-state index contributed by atoms with van der Waals surface area (Å²) in [6, 6.07) is 2.38. The van der Waals surface area contributed by atoms with E-state index in [1.165, 1.54) is 37.4 Å². The highest BCUT2D eigenvalue weighted by Gasteiger charge is 2.24. The number of nitrogens with two attached hydrogens (primary N) is 1. The minimum absolute atomic E-state index is 0.200. The summed E-state index contributed by atoms with van der Waals surface area (Å²) in [4.78, 5) is 22.4. The van der Waals surface area contributed by atoms with Crippen molar-refractivity contribution >= 4 is 16.9 Å². The lowest BCUT2D eigenvalue weighted by molar-refractivity contribution is 0.0995. The smallest absolute Gasteiger partial charge is 0.268 e. The predicted octanol–water partition coefficient (Wildman–Crippen LogP) is 2.69. The van der Waals surface area contributed by atoms with Crippen LogP contribution < -0.4 is 5.73 Å². The third-order valence-corrected chi connectivity index (χ3v) is 4.22. The average Bonchev–Trinajstić information content (AvgIpc) is 3.36. The molecule has 0 saturated heterocycles. The summed E-state index contributed by atoms with van der Waals surface area (Å²) in [5.41, 5.74) is 7.09. The fourth-order valence-electron chi connectivity index (χ4n) is 2.52. The molecule has 3 aromatic rings. The number of halogens is 2. The van der Waals surface area contributed by atoms with E-state index in [1.807, 2.05) is 11.6 Å². The van der Waals surface area contributed by atoms with Gasteiger partial charge in [-0.1, -0.05) is 0 Å². The fourth-order valence-corrected chi connectivity index (χ4v) is 2.52. The fraction of sp³-hybridized carbons (Fsp3) is 0.333. The molecule has 2 heterocycles. The number of carbonyl (C=O) groups excluding carboxylic acids is 1. The number of aryl methyl sites for hydroxylation is 2. The van der Waals surface area contributed by atoms with Gasteiger partial charge in [0, 0.05) is 31.8 Å². The van der Waals surface area contributed by atoms with E-state index in [4.69, 9.17) is 5.73 Å². The van der Waals surface area contributed by atoms with Crippen LogP contribution in [-0.4, -0.2) is 25.4 Å². The van der Waals surface area contributed by atoms with Crippen molar-refractivity contribution in [1.29, 1.82) is 0 Å². The number of hydrogen-bond acceptors (Lipinski definition) is 4. The van der Waals surface area contributed by atoms with Gasteiger partial charge in [-0.25, -0.2) is 18.7 Å². The minimum Gasteiger partial charge on any atom is -0.364 e. The van der Waals surface area contributed by atoms with Gasteiger partial charge in [0.1, 0.15) is 11.5 Å². The van der Waals surface area contributed by atoms with Gasteiger partial charge in [-0.05, 0) is 25.7 Å². The van der Waals surface area contributed by atoms with Crippen molar-refractivity contribution in [2.75, 3.05) is 0 Å². The van der Waals surface area contributed by atoms with Crippen LogP contribution >= 0.6 is 0 Å². The van der Waals surface area contributed by atoms with Crippen LogP contribution in [0.25, 0.3) is 11.0 Å². The molecule has 136 valence electrons. The van der Waals surface area contributed by atoms with Crippen LogP contribution in [0.4, 0.5) is 8.78 Å². The van der Waals surface area contributed by atoms with Crippen molar-refractivity contribution in [2.45, 2.75) is 26.2 Å². The summed E-state index contributed by atoms with van der Waals surface area (Å²) in [7, 11) is 1.85. The molecule has 1 saturated carbocycles. The summed E-state index contributed by atoms with van der Waals surface area (Å²) in [6.45, 7) is 1.79. The number of benzene rings is 1. The molecule has 1 aliphatic carbocycles. The molecule has 1 fully saturated rings. The maximum absolute atomic E-state index is 13.1. The molecule has 1 aromatic carbocycles. The molecule has 4 rings (SSSR count). The van der Waals surface area contributed by atoms with E-state index in [0.717, 1.165) is 17.9 Å². The number of rotatable bonds is 3. The van der Waals surface area contributed by atoms with Crippen LogP contribution in [0.3, 0.4) is 0 Å². The van der Waals surface area contributed by atoms with Crippen molar-refractivity contribution in [3.63, 3.8) is 0 Å². The molecule has 26 heavy (non-hydrogen) atoms. The molecule has 0 radical (unpaired) electrons. The Morgan fingerprint density at radius 2 is 1.92 bits per heavy atom. The molecule has 0 aliphatic heterocycles. The van der Waals surface area contributed by atoms with Crippen LogP contribution in [0.2, 0.25) is 0 Å². The van der Waals surface area contributed by atoms with E-state index in [1.54, 1.807) is 6.92 Å². The Labute approximate surface area is 149 Å². The largest absolute Gasteiger partial charge is 0.364 e. The predicted molar refractivity (Wildman–Crippen MR) is 92.3 cm³/mol. The second-order valence-corrected chi connectivity index (χ2v) is 6.40. The Hall–Kier alpha value is -2.90. The Morgan fingerprint density at radius 3 is 2.50 bits per heavy atom. The molecule has 0 unspecified atom stereocenters. The Bertz CT molecular complexity index is 948. The first kappa shape index (κ1) is 17.9. The first-order valence-electron chi connectivity index (χ1n) is 8.24. The van der Waals surface area contributed by atoms with Crippen LogP contribution in [-0.2, 0) is 13.5 Å². The summed E-state index contributed by atoms with van der Waals surface area (Å²) in [5.74, 6) is -0.558. The normalized spacial score (nSPS) is 13.4. The molecular weight excluding hydrogens is 340 g/mol. The van der Waals surface area contributed by atoms with E-state index >= 15 is 0 Å². The minimum atomic E-state index is -0.830. The standard InChI is InChI=1S/C12H12F2N2.C6H7N3O/c1-16-11-6-9(14)8(13)5-10(11)15-12(16)4-7-2-3-7;1-4-2-9-5(3-8-4)6(7)10/h5-7H,2-4H2,1H3;2-3H,1H3,(H2,7,10). The molecule has 6 nitrogen and oxygen atoms in total. The lowest BCUT2D eigenvalue weighted by Gasteiger charge is -2.00. The van der Waals surface area contributed by atoms with Gasteiger partial charge in [-0.2, -0.15) is 0 Å². The van der Waals surface area contributed by atoms with E-state index < -0.39 is 17.5 Å². The van der Waals surface area contributed by atoms with Gasteiger partial charge in [0.25, 0.3) is 5.91 Å². The van der Waals surface area contributed by atoms with Gasteiger partial charge >= 0.3 is 0 Å². The van der Waals surface area contributed by atoms with Crippen LogP contribution in [0.5, 0.6) is 0 Å². The van der Waals surface area contributed by atoms with Crippen molar-refractivity contribution in [3.05, 3.63) is 53.4 Å². The molecule has 0 spiro atoms. The lowest BCUT2D eigenvalue weighted by atomic mass is 10.3. The molecular formula is C18H19F2N5O. The van der Waals surface area contributed by atoms with Crippen molar-refractivity contribution in [3.8, 4) is 0 Å². The van der Waals surface area contributed by atoms with Crippen molar-refractivity contribution < 1.29 is 13.6 Å². The number of imidazole rings is 1. The van der Waals surface area contributed by atoms with Gasteiger partial charge in [-0.3, -0.25) is 9.78 Å². The second-order valence-electron chi connectivity index (χ2n) is 6.40. The van der Waals surface area contributed by atoms with Crippen LogP contribution in [0, 0.1) is 24.5 Å². The van der Waals surface area contributed by atoms with Crippen LogP contribution in [0.1, 0.15) is 34.8 Å². The Balaban J connectivity index is 0.000000170. The maximum atomic E-state index is 13.1. The Morgan fingerprint density at radius 1 is 1.23 bits per heavy atom.